The van der Waals surface area contributed by atoms with Crippen LogP contribution in [0.3, 0.4) is 0 Å². The summed E-state index contributed by atoms with van der Waals surface area (Å²) in [6.07, 6.45) is 7.47. The lowest BCUT2D eigenvalue weighted by Gasteiger charge is -2.40. The van der Waals surface area contributed by atoms with Crippen LogP contribution in [-0.4, -0.2) is 18.2 Å². The average molecular weight is 213 g/mol. The second-order valence-electron chi connectivity index (χ2n) is 5.13. The molecule has 0 unspecified atom stereocenters. The number of rotatable bonds is 5. The van der Waals surface area contributed by atoms with E-state index in [4.69, 9.17) is 10.5 Å². The third-order valence-electron chi connectivity index (χ3n) is 3.88. The lowest BCUT2D eigenvalue weighted by atomic mass is 9.79. The number of ether oxygens (including phenoxy) is 1. The normalized spacial score (nSPS) is 32.2. The van der Waals surface area contributed by atoms with E-state index in [1.807, 2.05) is 0 Å². The van der Waals surface area contributed by atoms with Crippen LogP contribution < -0.4 is 5.73 Å². The molecule has 0 saturated heterocycles. The van der Waals surface area contributed by atoms with E-state index in [0.717, 1.165) is 31.6 Å². The first kappa shape index (κ1) is 13.0. The molecule has 0 radical (unpaired) electrons. The fourth-order valence-electron chi connectivity index (χ4n) is 2.47. The molecule has 15 heavy (non-hydrogen) atoms. The number of nitrogens with two attached hydrogens (primary N) is 1. The van der Waals surface area contributed by atoms with E-state index < -0.39 is 0 Å². The van der Waals surface area contributed by atoms with E-state index in [1.54, 1.807) is 0 Å². The molecule has 0 aromatic rings. The van der Waals surface area contributed by atoms with Crippen LogP contribution in [0, 0.1) is 5.92 Å². The van der Waals surface area contributed by atoms with Crippen LogP contribution in [0.2, 0.25) is 0 Å². The van der Waals surface area contributed by atoms with E-state index in [0.29, 0.717) is 12.6 Å². The van der Waals surface area contributed by atoms with Gasteiger partial charge in [0.1, 0.15) is 0 Å². The fraction of sp³-hybridized carbons (Fsp3) is 1.00. The van der Waals surface area contributed by atoms with Crippen molar-refractivity contribution in [2.75, 3.05) is 6.54 Å². The third-order valence-corrected chi connectivity index (χ3v) is 3.88. The van der Waals surface area contributed by atoms with Crippen LogP contribution in [0.15, 0.2) is 0 Å². The zero-order valence-corrected chi connectivity index (χ0v) is 10.6. The molecular weight excluding hydrogens is 186 g/mol. The van der Waals surface area contributed by atoms with Gasteiger partial charge in [0, 0.05) is 6.54 Å². The quantitative estimate of drug-likeness (QED) is 0.761. The second kappa shape index (κ2) is 5.86. The molecule has 1 aliphatic carbocycles. The Bertz CT molecular complexity index is 169. The molecule has 0 atom stereocenters. The number of hydrogen-bond acceptors (Lipinski definition) is 2. The molecule has 1 rings (SSSR count). The van der Waals surface area contributed by atoms with Crippen molar-refractivity contribution in [3.8, 4) is 0 Å². The van der Waals surface area contributed by atoms with Gasteiger partial charge in [-0.05, 0) is 44.4 Å². The minimum Gasteiger partial charge on any atom is -0.370 e. The third kappa shape index (κ3) is 3.46. The average Bonchev–Trinajstić information content (AvgIpc) is 2.29. The van der Waals surface area contributed by atoms with Gasteiger partial charge in [-0.3, -0.25) is 0 Å². The van der Waals surface area contributed by atoms with E-state index in [-0.39, 0.29) is 5.60 Å². The molecule has 2 heteroatoms. The van der Waals surface area contributed by atoms with Crippen molar-refractivity contribution in [1.29, 1.82) is 0 Å². The molecule has 1 fully saturated rings. The molecule has 0 aromatic carbocycles. The van der Waals surface area contributed by atoms with Crippen molar-refractivity contribution >= 4 is 0 Å². The van der Waals surface area contributed by atoms with Crippen LogP contribution >= 0.6 is 0 Å². The van der Waals surface area contributed by atoms with Crippen LogP contribution in [0.1, 0.15) is 59.3 Å². The maximum atomic E-state index is 6.25. The second-order valence-corrected chi connectivity index (χ2v) is 5.13. The smallest absolute Gasteiger partial charge is 0.0808 e. The highest BCUT2D eigenvalue weighted by Gasteiger charge is 2.35. The Morgan fingerprint density at radius 1 is 1.27 bits per heavy atom. The molecule has 90 valence electrons. The van der Waals surface area contributed by atoms with Gasteiger partial charge in [0.05, 0.1) is 11.7 Å². The first-order valence-corrected chi connectivity index (χ1v) is 6.53. The number of hydrogen-bond donors (Lipinski definition) is 1. The van der Waals surface area contributed by atoms with E-state index >= 15 is 0 Å². The van der Waals surface area contributed by atoms with Gasteiger partial charge in [-0.1, -0.05) is 20.8 Å². The summed E-state index contributed by atoms with van der Waals surface area (Å²) >= 11 is 0. The molecule has 0 aliphatic heterocycles. The van der Waals surface area contributed by atoms with Gasteiger partial charge in [-0.2, -0.15) is 0 Å². The summed E-state index contributed by atoms with van der Waals surface area (Å²) in [5.41, 5.74) is 5.92. The zero-order valence-electron chi connectivity index (χ0n) is 10.6. The van der Waals surface area contributed by atoms with E-state index in [1.165, 1.54) is 12.8 Å². The van der Waals surface area contributed by atoms with Gasteiger partial charge in [-0.25, -0.2) is 0 Å². The highest BCUT2D eigenvalue weighted by molar-refractivity contribution is 4.88. The Balaban J connectivity index is 2.52. The largest absolute Gasteiger partial charge is 0.370 e. The SMILES string of the molecule is CCC(CC)OC1(CN)CCC(C)CC1. The Labute approximate surface area is 94.6 Å². The van der Waals surface area contributed by atoms with Crippen LogP contribution in [0.5, 0.6) is 0 Å². The predicted molar refractivity (Wildman–Crippen MR) is 64.9 cm³/mol. The van der Waals surface area contributed by atoms with Crippen molar-refractivity contribution in [2.45, 2.75) is 71.0 Å². The molecule has 2 nitrogen and oxygen atoms in total. The van der Waals surface area contributed by atoms with Gasteiger partial charge in [0.25, 0.3) is 0 Å². The van der Waals surface area contributed by atoms with Gasteiger partial charge in [-0.15, -0.1) is 0 Å². The highest BCUT2D eigenvalue weighted by atomic mass is 16.5. The molecule has 0 heterocycles. The maximum Gasteiger partial charge on any atom is 0.0808 e. The van der Waals surface area contributed by atoms with Crippen LogP contribution in [0.25, 0.3) is 0 Å². The molecule has 0 aromatic heterocycles. The zero-order chi connectivity index (χ0) is 11.3. The minimum atomic E-state index is 0.00317. The van der Waals surface area contributed by atoms with Gasteiger partial charge in [0.15, 0.2) is 0 Å². The van der Waals surface area contributed by atoms with Crippen molar-refractivity contribution < 1.29 is 4.74 Å². The summed E-state index contributed by atoms with van der Waals surface area (Å²) in [6.45, 7) is 7.42. The lowest BCUT2D eigenvalue weighted by Crippen LogP contribution is -2.46. The Kier molecular flexibility index (Phi) is 5.07. The van der Waals surface area contributed by atoms with Gasteiger partial charge >= 0.3 is 0 Å². The van der Waals surface area contributed by atoms with E-state index in [9.17, 15) is 0 Å². The van der Waals surface area contributed by atoms with Crippen molar-refractivity contribution in [1.82, 2.24) is 0 Å². The van der Waals surface area contributed by atoms with Crippen molar-refractivity contribution in [3.63, 3.8) is 0 Å². The molecule has 1 aliphatic rings. The van der Waals surface area contributed by atoms with Crippen LogP contribution in [0.4, 0.5) is 0 Å². The molecular formula is C13H27NO. The van der Waals surface area contributed by atoms with Crippen molar-refractivity contribution in [3.05, 3.63) is 0 Å². The van der Waals surface area contributed by atoms with Crippen LogP contribution in [-0.2, 0) is 4.74 Å². The first-order valence-electron chi connectivity index (χ1n) is 6.53. The van der Waals surface area contributed by atoms with Gasteiger partial charge < -0.3 is 10.5 Å². The summed E-state index contributed by atoms with van der Waals surface area (Å²) in [5.74, 6) is 0.856. The molecule has 0 amide bonds. The summed E-state index contributed by atoms with van der Waals surface area (Å²) < 4.78 is 6.25. The Morgan fingerprint density at radius 3 is 2.20 bits per heavy atom. The summed E-state index contributed by atoms with van der Waals surface area (Å²) in [5, 5.41) is 0. The topological polar surface area (TPSA) is 35.2 Å². The minimum absolute atomic E-state index is 0.00317. The molecule has 2 N–H and O–H groups in total. The fourth-order valence-corrected chi connectivity index (χ4v) is 2.47. The summed E-state index contributed by atoms with van der Waals surface area (Å²) in [4.78, 5) is 0. The lowest BCUT2D eigenvalue weighted by molar-refractivity contribution is -0.114. The van der Waals surface area contributed by atoms with Gasteiger partial charge in [0.2, 0.25) is 0 Å². The molecule has 0 spiro atoms. The predicted octanol–water partition coefficient (Wildman–Crippen LogP) is 3.10. The monoisotopic (exact) mass is 213 g/mol. The molecule has 0 bridgehead atoms. The van der Waals surface area contributed by atoms with E-state index in [2.05, 4.69) is 20.8 Å². The highest BCUT2D eigenvalue weighted by Crippen LogP contribution is 2.35. The van der Waals surface area contributed by atoms with Crippen molar-refractivity contribution in [2.24, 2.45) is 11.7 Å². The first-order chi connectivity index (χ1) is 7.15. The molecule has 1 saturated carbocycles. The summed E-state index contributed by atoms with van der Waals surface area (Å²) in [6, 6.07) is 0. The Hall–Kier alpha value is -0.0800. The Morgan fingerprint density at radius 2 is 1.80 bits per heavy atom. The summed E-state index contributed by atoms with van der Waals surface area (Å²) in [7, 11) is 0. The standard InChI is InChI=1S/C13H27NO/c1-4-12(5-2)15-13(10-14)8-6-11(3)7-9-13/h11-12H,4-10,14H2,1-3H3. The maximum absolute atomic E-state index is 6.25.